The van der Waals surface area contributed by atoms with Gasteiger partial charge in [-0.25, -0.2) is 14.4 Å². The average Bonchev–Trinajstić information content (AvgIpc) is 3.25. The molecule has 0 saturated carbocycles. The highest BCUT2D eigenvalue weighted by Gasteiger charge is 2.52. The van der Waals surface area contributed by atoms with Crippen molar-refractivity contribution in [2.75, 3.05) is 6.61 Å². The molecule has 2 aliphatic rings. The lowest BCUT2D eigenvalue weighted by atomic mass is 9.92. The normalized spacial score (nSPS) is 19.5. The van der Waals surface area contributed by atoms with Crippen molar-refractivity contribution in [2.45, 2.75) is 43.5 Å². The van der Waals surface area contributed by atoms with Crippen LogP contribution in [0.2, 0.25) is 0 Å². The summed E-state index contributed by atoms with van der Waals surface area (Å²) in [5.74, 6) is -17.9. The van der Waals surface area contributed by atoms with E-state index in [2.05, 4.69) is 0 Å². The minimum Gasteiger partial charge on any atom is -0.507 e. The summed E-state index contributed by atoms with van der Waals surface area (Å²) in [5, 5.41) is 127. The quantitative estimate of drug-likeness (QED) is 0.0461. The molecule has 63 heavy (non-hydrogen) atoms. The molecule has 0 spiro atoms. The van der Waals surface area contributed by atoms with E-state index in [1.165, 1.54) is 0 Å². The Bertz CT molecular complexity index is 2630. The van der Waals surface area contributed by atoms with Crippen molar-refractivity contribution in [3.63, 3.8) is 0 Å². The molecule has 0 bridgehead atoms. The topological polar surface area (TPSA) is 357 Å². The summed E-state index contributed by atoms with van der Waals surface area (Å²) in [7, 11) is 0. The molecule has 5 unspecified atom stereocenters. The van der Waals surface area contributed by atoms with E-state index in [4.69, 9.17) is 23.7 Å². The number of carbonyl (C=O) groups is 4. The average molecular weight is 875 g/mol. The van der Waals surface area contributed by atoms with Crippen LogP contribution in [0, 0.1) is 0 Å². The number of benzene rings is 5. The van der Waals surface area contributed by atoms with Crippen LogP contribution in [-0.2, 0) is 25.4 Å². The monoisotopic (exact) mass is 874 g/mol. The molecule has 0 radical (unpaired) electrons. The molecule has 1 fully saturated rings. The Morgan fingerprint density at radius 3 is 1.76 bits per heavy atom. The maximum Gasteiger partial charge on any atom is 0.339 e. The number of fused-ring (bicyclic) bond motifs is 4. The first-order chi connectivity index (χ1) is 29.9. The minimum absolute atomic E-state index is 0.129. The summed E-state index contributed by atoms with van der Waals surface area (Å²) in [6.07, 6.45) is -10.5. The van der Waals surface area contributed by atoms with Gasteiger partial charge in [-0.2, -0.15) is 0 Å². The minimum atomic E-state index is -2.30. The number of Topliss-reactive ketones (excluding diaryl/α,β-unsaturated/α-hetero) is 1. The zero-order chi connectivity index (χ0) is 45.6. The van der Waals surface area contributed by atoms with Crippen LogP contribution in [0.15, 0.2) is 66.7 Å². The van der Waals surface area contributed by atoms with Gasteiger partial charge >= 0.3 is 17.9 Å². The molecule has 2 heterocycles. The zero-order valence-electron chi connectivity index (χ0n) is 31.9. The van der Waals surface area contributed by atoms with Gasteiger partial charge in [0.05, 0.1) is 16.7 Å². The Hall–Kier alpha value is -8.30. The fourth-order valence-electron chi connectivity index (χ4n) is 6.96. The lowest BCUT2D eigenvalue weighted by molar-refractivity contribution is -0.276. The summed E-state index contributed by atoms with van der Waals surface area (Å²) in [4.78, 5) is 54.5. The molecule has 328 valence electrons. The third-order valence-electron chi connectivity index (χ3n) is 10.1. The molecule has 21 nitrogen and oxygen atoms in total. The Morgan fingerprint density at radius 1 is 0.651 bits per heavy atom. The number of carbonyl (C=O) groups excluding carboxylic acids is 4. The summed E-state index contributed by atoms with van der Waals surface area (Å²) >= 11 is 0. The van der Waals surface area contributed by atoms with Crippen molar-refractivity contribution < 1.29 is 104 Å². The third-order valence-corrected chi connectivity index (χ3v) is 10.1. The van der Waals surface area contributed by atoms with Gasteiger partial charge in [0.25, 0.3) is 0 Å². The van der Waals surface area contributed by atoms with Gasteiger partial charge in [-0.3, -0.25) is 4.79 Å². The smallest absolute Gasteiger partial charge is 0.339 e. The van der Waals surface area contributed by atoms with E-state index in [9.17, 15) is 80.5 Å². The van der Waals surface area contributed by atoms with Crippen molar-refractivity contribution >= 4 is 23.7 Å². The van der Waals surface area contributed by atoms with Gasteiger partial charge in [0, 0.05) is 29.7 Å². The number of cyclic esters (lactones) is 1. The molecule has 5 aromatic carbocycles. The van der Waals surface area contributed by atoms with Crippen LogP contribution < -0.4 is 4.74 Å². The largest absolute Gasteiger partial charge is 0.507 e. The van der Waals surface area contributed by atoms with E-state index in [0.717, 1.165) is 17.7 Å². The molecule has 2 aliphatic heterocycles. The number of phenolic OH excluding ortho intramolecular Hbond substituents is 11. The molecular formula is C42H34O21. The van der Waals surface area contributed by atoms with E-state index in [-0.39, 0.29) is 12.8 Å². The van der Waals surface area contributed by atoms with Gasteiger partial charge in [-0.1, -0.05) is 30.3 Å². The lowest BCUT2D eigenvalue weighted by Crippen LogP contribution is -2.62. The van der Waals surface area contributed by atoms with Crippen LogP contribution in [0.3, 0.4) is 0 Å². The van der Waals surface area contributed by atoms with Crippen molar-refractivity contribution in [2.24, 2.45) is 0 Å². The predicted molar refractivity (Wildman–Crippen MR) is 206 cm³/mol. The number of hydrogen-bond donors (Lipinski definition) is 12. The van der Waals surface area contributed by atoms with Crippen molar-refractivity contribution in [3.05, 3.63) is 94.5 Å². The van der Waals surface area contributed by atoms with Gasteiger partial charge in [-0.05, 0) is 36.2 Å². The predicted octanol–water partition coefficient (Wildman–Crippen LogP) is 3.02. The number of rotatable bonds is 8. The highest BCUT2D eigenvalue weighted by Crippen LogP contribution is 2.53. The Labute approximate surface area is 352 Å². The molecule has 21 heteroatoms. The maximum absolute atomic E-state index is 14.1. The summed E-state index contributed by atoms with van der Waals surface area (Å²) < 4.78 is 28.1. The van der Waals surface area contributed by atoms with Crippen LogP contribution in [-0.4, -0.2) is 122 Å². The van der Waals surface area contributed by atoms with Crippen LogP contribution in [0.1, 0.15) is 53.4 Å². The molecule has 5 aromatic rings. The molecule has 5 atom stereocenters. The van der Waals surface area contributed by atoms with Crippen LogP contribution in [0.5, 0.6) is 69.0 Å². The number of hydrogen-bond acceptors (Lipinski definition) is 21. The number of aliphatic hydroxyl groups excluding tert-OH is 1. The van der Waals surface area contributed by atoms with Crippen molar-refractivity contribution in [3.8, 4) is 80.1 Å². The summed E-state index contributed by atoms with van der Waals surface area (Å²) in [6.45, 7) is -1.05. The number of aryl methyl sites for hydroxylation is 1. The zero-order valence-corrected chi connectivity index (χ0v) is 31.9. The van der Waals surface area contributed by atoms with Gasteiger partial charge < -0.3 is 85.0 Å². The first kappa shape index (κ1) is 42.8. The van der Waals surface area contributed by atoms with Gasteiger partial charge in [0.15, 0.2) is 64.3 Å². The second kappa shape index (κ2) is 16.6. The van der Waals surface area contributed by atoms with E-state index in [0.29, 0.717) is 24.3 Å². The molecule has 12 N–H and O–H groups in total. The molecule has 0 aromatic heterocycles. The fraction of sp³-hybridized carbons (Fsp3) is 0.190. The van der Waals surface area contributed by atoms with Crippen LogP contribution in [0.25, 0.3) is 11.1 Å². The number of esters is 3. The number of aromatic hydroxyl groups is 11. The highest BCUT2D eigenvalue weighted by atomic mass is 16.7. The highest BCUT2D eigenvalue weighted by molar-refractivity contribution is 6.08. The van der Waals surface area contributed by atoms with Crippen LogP contribution in [0.4, 0.5) is 0 Å². The molecule has 0 aliphatic carbocycles. The van der Waals surface area contributed by atoms with E-state index < -0.39 is 163 Å². The fourth-order valence-corrected chi connectivity index (χ4v) is 6.96. The van der Waals surface area contributed by atoms with Crippen LogP contribution >= 0.6 is 0 Å². The summed E-state index contributed by atoms with van der Waals surface area (Å²) in [6, 6.07) is 13.0. The molecule has 1 saturated heterocycles. The Morgan fingerprint density at radius 2 is 1.19 bits per heavy atom. The second-order valence-corrected chi connectivity index (χ2v) is 14.1. The first-order valence-corrected chi connectivity index (χ1v) is 18.4. The molecule has 7 rings (SSSR count). The van der Waals surface area contributed by atoms with Crippen molar-refractivity contribution in [1.82, 2.24) is 0 Å². The lowest BCUT2D eigenvalue weighted by Gasteiger charge is -2.43. The van der Waals surface area contributed by atoms with Gasteiger partial charge in [0.1, 0.15) is 35.5 Å². The molecule has 0 amide bonds. The number of ketones is 1. The molecular weight excluding hydrogens is 840 g/mol. The van der Waals surface area contributed by atoms with Gasteiger partial charge in [0.2, 0.25) is 17.8 Å². The number of ether oxygens (including phenoxy) is 5. The Kier molecular flexibility index (Phi) is 11.3. The first-order valence-electron chi connectivity index (χ1n) is 18.4. The summed E-state index contributed by atoms with van der Waals surface area (Å²) in [5.41, 5.74) is -4.07. The van der Waals surface area contributed by atoms with Crippen molar-refractivity contribution in [1.29, 1.82) is 0 Å². The standard InChI is InChI=1S/C42H34O21/c43-20(7-6-15-4-2-1-3-5-15)30-21(44)10-17(11-22(30)45)60-42-36(55)38(63-39(56)16-8-23(46)31(50)24(47)9-16)37-27(61-42)14-59-40(57)18-12-25(48)32(51)34(53)28(18)29-19(41(58)62-37)13-26(49)33(52)35(29)54/h1-5,8-13,27,36-38,42,44-55H,6-7,14H2. The van der Waals surface area contributed by atoms with E-state index >= 15 is 0 Å². The van der Waals surface area contributed by atoms with Gasteiger partial charge in [-0.15, -0.1) is 0 Å². The second-order valence-electron chi connectivity index (χ2n) is 14.1. The number of phenols is 11. The maximum atomic E-state index is 14.1. The third kappa shape index (κ3) is 8.03. The number of aliphatic hydroxyl groups is 1. The Balaban J connectivity index is 1.29. The van der Waals surface area contributed by atoms with E-state index in [1.807, 2.05) is 0 Å². The SMILES string of the molecule is O=C(OC1C(O)C(Oc2cc(O)c(C(=O)CCc3ccccc3)c(O)c2)OC2COC(=O)c3cc(O)c(O)c(O)c3-c3c(cc(O)c(O)c3O)C(=O)OC21)c1cc(O)c(O)c(O)c1. The van der Waals surface area contributed by atoms with E-state index in [1.54, 1.807) is 30.3 Å².